The Bertz CT molecular complexity index is 524. The molecular weight excluding hydrogens is 332 g/mol. The highest BCUT2D eigenvalue weighted by Crippen LogP contribution is 2.20. The van der Waals surface area contributed by atoms with Crippen molar-refractivity contribution in [1.82, 2.24) is 0 Å². The standard InChI is InChI=1S/C21H32O5/c1-4-7-8-9-10-11-16-25-17-12-14-18(15-13-17)26-21(23)19(5-2)20(22)24-6-3/h12-15,19H,4-11,16H2,1-3H3. The van der Waals surface area contributed by atoms with E-state index in [9.17, 15) is 9.59 Å². The van der Waals surface area contributed by atoms with Gasteiger partial charge in [-0.05, 0) is 44.0 Å². The van der Waals surface area contributed by atoms with Crippen LogP contribution in [0.15, 0.2) is 24.3 Å². The average Bonchev–Trinajstić information content (AvgIpc) is 2.63. The van der Waals surface area contributed by atoms with Crippen LogP contribution in [-0.4, -0.2) is 25.2 Å². The van der Waals surface area contributed by atoms with Crippen LogP contribution in [0.5, 0.6) is 11.5 Å². The molecule has 0 fully saturated rings. The first-order valence-corrected chi connectivity index (χ1v) is 9.73. The van der Waals surface area contributed by atoms with Crippen LogP contribution < -0.4 is 9.47 Å². The average molecular weight is 364 g/mol. The molecule has 0 aromatic heterocycles. The Balaban J connectivity index is 2.37. The van der Waals surface area contributed by atoms with Gasteiger partial charge >= 0.3 is 11.9 Å². The summed E-state index contributed by atoms with van der Waals surface area (Å²) in [7, 11) is 0. The van der Waals surface area contributed by atoms with Gasteiger partial charge in [0.05, 0.1) is 13.2 Å². The molecule has 0 aliphatic heterocycles. The van der Waals surface area contributed by atoms with Crippen LogP contribution in [0, 0.1) is 5.92 Å². The van der Waals surface area contributed by atoms with Gasteiger partial charge in [0.25, 0.3) is 0 Å². The highest BCUT2D eigenvalue weighted by atomic mass is 16.6. The summed E-state index contributed by atoms with van der Waals surface area (Å²) < 4.78 is 15.9. The summed E-state index contributed by atoms with van der Waals surface area (Å²) in [6, 6.07) is 6.88. The van der Waals surface area contributed by atoms with Crippen LogP contribution in [0.4, 0.5) is 0 Å². The Morgan fingerprint density at radius 2 is 1.46 bits per heavy atom. The largest absolute Gasteiger partial charge is 0.494 e. The van der Waals surface area contributed by atoms with E-state index < -0.39 is 17.9 Å². The van der Waals surface area contributed by atoms with Gasteiger partial charge in [0.2, 0.25) is 0 Å². The normalized spacial score (nSPS) is 11.7. The molecule has 0 radical (unpaired) electrons. The molecule has 0 saturated carbocycles. The zero-order valence-corrected chi connectivity index (χ0v) is 16.3. The predicted molar refractivity (Wildman–Crippen MR) is 101 cm³/mol. The molecule has 0 spiro atoms. The fraction of sp³-hybridized carbons (Fsp3) is 0.619. The number of hydrogen-bond acceptors (Lipinski definition) is 5. The van der Waals surface area contributed by atoms with E-state index in [0.717, 1.165) is 12.2 Å². The molecule has 0 aliphatic rings. The maximum absolute atomic E-state index is 12.1. The highest BCUT2D eigenvalue weighted by molar-refractivity contribution is 5.95. The number of carbonyl (C=O) groups is 2. The van der Waals surface area contributed by atoms with Gasteiger partial charge in [0, 0.05) is 0 Å². The molecule has 26 heavy (non-hydrogen) atoms. The summed E-state index contributed by atoms with van der Waals surface area (Å²) in [5, 5.41) is 0. The molecule has 0 amide bonds. The van der Waals surface area contributed by atoms with Gasteiger partial charge in [-0.2, -0.15) is 0 Å². The Hall–Kier alpha value is -2.04. The molecule has 1 atom stereocenters. The van der Waals surface area contributed by atoms with E-state index in [1.54, 1.807) is 38.1 Å². The number of hydrogen-bond donors (Lipinski definition) is 0. The summed E-state index contributed by atoms with van der Waals surface area (Å²) in [5.41, 5.74) is 0. The van der Waals surface area contributed by atoms with Crippen LogP contribution in [0.3, 0.4) is 0 Å². The van der Waals surface area contributed by atoms with Crippen molar-refractivity contribution < 1.29 is 23.8 Å². The van der Waals surface area contributed by atoms with E-state index in [-0.39, 0.29) is 6.61 Å². The smallest absolute Gasteiger partial charge is 0.325 e. The molecule has 0 bridgehead atoms. The summed E-state index contributed by atoms with van der Waals surface area (Å²) in [6.07, 6.45) is 7.67. The van der Waals surface area contributed by atoms with Gasteiger partial charge in [-0.15, -0.1) is 0 Å². The molecule has 1 aromatic carbocycles. The lowest BCUT2D eigenvalue weighted by Crippen LogP contribution is -2.29. The number of benzene rings is 1. The number of esters is 2. The Kier molecular flexibility index (Phi) is 11.2. The second-order valence-electron chi connectivity index (χ2n) is 6.22. The van der Waals surface area contributed by atoms with Gasteiger partial charge in [-0.1, -0.05) is 46.0 Å². The molecule has 5 heteroatoms. The van der Waals surface area contributed by atoms with Crippen LogP contribution in [0.25, 0.3) is 0 Å². The van der Waals surface area contributed by atoms with Crippen molar-refractivity contribution in [3.63, 3.8) is 0 Å². The second kappa shape index (κ2) is 13.2. The lowest BCUT2D eigenvalue weighted by molar-refractivity contribution is -0.157. The van der Waals surface area contributed by atoms with Crippen molar-refractivity contribution in [3.8, 4) is 11.5 Å². The maximum Gasteiger partial charge on any atom is 0.325 e. The topological polar surface area (TPSA) is 61.8 Å². The second-order valence-corrected chi connectivity index (χ2v) is 6.22. The zero-order valence-electron chi connectivity index (χ0n) is 16.3. The summed E-state index contributed by atoms with van der Waals surface area (Å²) in [4.78, 5) is 23.9. The minimum atomic E-state index is -0.890. The van der Waals surface area contributed by atoms with E-state index >= 15 is 0 Å². The molecule has 1 rings (SSSR count). The van der Waals surface area contributed by atoms with Gasteiger partial charge in [-0.3, -0.25) is 9.59 Å². The van der Waals surface area contributed by atoms with Crippen molar-refractivity contribution in [2.45, 2.75) is 65.7 Å². The van der Waals surface area contributed by atoms with Gasteiger partial charge < -0.3 is 14.2 Å². The third-order valence-electron chi connectivity index (χ3n) is 4.07. The third-order valence-corrected chi connectivity index (χ3v) is 4.07. The molecule has 0 N–H and O–H groups in total. The Labute approximate surface area is 157 Å². The van der Waals surface area contributed by atoms with E-state index in [2.05, 4.69) is 6.92 Å². The summed E-state index contributed by atoms with van der Waals surface area (Å²) >= 11 is 0. The van der Waals surface area contributed by atoms with Crippen LogP contribution >= 0.6 is 0 Å². The highest BCUT2D eigenvalue weighted by Gasteiger charge is 2.28. The number of ether oxygens (including phenoxy) is 3. The Morgan fingerprint density at radius 1 is 0.846 bits per heavy atom. The number of rotatable bonds is 13. The van der Waals surface area contributed by atoms with Crippen LogP contribution in [0.1, 0.15) is 65.7 Å². The first-order valence-electron chi connectivity index (χ1n) is 9.73. The summed E-state index contributed by atoms with van der Waals surface area (Å²) in [6.45, 7) is 6.60. The van der Waals surface area contributed by atoms with Crippen molar-refractivity contribution in [1.29, 1.82) is 0 Å². The van der Waals surface area contributed by atoms with Crippen molar-refractivity contribution in [2.75, 3.05) is 13.2 Å². The van der Waals surface area contributed by atoms with Crippen molar-refractivity contribution in [2.24, 2.45) is 5.92 Å². The molecule has 146 valence electrons. The fourth-order valence-electron chi connectivity index (χ4n) is 2.54. The summed E-state index contributed by atoms with van der Waals surface area (Å²) in [5.74, 6) is -0.885. The SMILES string of the molecule is CCCCCCCCOc1ccc(OC(=O)C(CC)C(=O)OCC)cc1. The van der Waals surface area contributed by atoms with E-state index in [1.807, 2.05) is 0 Å². The van der Waals surface area contributed by atoms with Gasteiger partial charge in [0.1, 0.15) is 11.5 Å². The van der Waals surface area contributed by atoms with E-state index in [0.29, 0.717) is 18.8 Å². The molecule has 0 saturated heterocycles. The van der Waals surface area contributed by atoms with Crippen LogP contribution in [-0.2, 0) is 14.3 Å². The van der Waals surface area contributed by atoms with E-state index in [1.165, 1.54) is 32.1 Å². The third kappa shape index (κ3) is 8.37. The first kappa shape index (κ1) is 22.0. The monoisotopic (exact) mass is 364 g/mol. The maximum atomic E-state index is 12.1. The fourth-order valence-corrected chi connectivity index (χ4v) is 2.54. The quantitative estimate of drug-likeness (QED) is 0.215. The Morgan fingerprint density at radius 3 is 2.08 bits per heavy atom. The molecule has 1 aromatic rings. The molecule has 5 nitrogen and oxygen atoms in total. The molecule has 0 heterocycles. The van der Waals surface area contributed by atoms with Gasteiger partial charge in [0.15, 0.2) is 5.92 Å². The lowest BCUT2D eigenvalue weighted by Gasteiger charge is -2.13. The number of carbonyl (C=O) groups excluding carboxylic acids is 2. The lowest BCUT2D eigenvalue weighted by atomic mass is 10.1. The van der Waals surface area contributed by atoms with E-state index in [4.69, 9.17) is 14.2 Å². The molecular formula is C21H32O5. The van der Waals surface area contributed by atoms with Gasteiger partial charge in [-0.25, -0.2) is 0 Å². The minimum absolute atomic E-state index is 0.243. The van der Waals surface area contributed by atoms with Crippen LogP contribution in [0.2, 0.25) is 0 Å². The molecule has 1 unspecified atom stereocenters. The van der Waals surface area contributed by atoms with Crippen molar-refractivity contribution >= 4 is 11.9 Å². The molecule has 0 aliphatic carbocycles. The first-order chi connectivity index (χ1) is 12.6. The predicted octanol–water partition coefficient (Wildman–Crippen LogP) is 4.92. The zero-order chi connectivity index (χ0) is 19.2. The van der Waals surface area contributed by atoms with Crippen molar-refractivity contribution in [3.05, 3.63) is 24.3 Å². The minimum Gasteiger partial charge on any atom is -0.494 e. The number of unbranched alkanes of at least 4 members (excludes halogenated alkanes) is 5.